The number of carbonyl (C=O) groups excluding carboxylic acids is 1. The number of amides is 1. The molecular formula is C21H32N2O3S2. The van der Waals surface area contributed by atoms with Crippen molar-refractivity contribution in [1.82, 2.24) is 9.80 Å². The van der Waals surface area contributed by atoms with Gasteiger partial charge in [-0.15, -0.1) is 11.3 Å². The van der Waals surface area contributed by atoms with E-state index >= 15 is 0 Å². The maximum atomic E-state index is 13.5. The number of carbonyl (C=O) groups is 1. The number of hydrogen-bond donors (Lipinski definition) is 0. The van der Waals surface area contributed by atoms with Crippen LogP contribution in [0.15, 0.2) is 11.4 Å². The molecule has 0 N–H and O–H groups in total. The lowest BCUT2D eigenvalue weighted by Crippen LogP contribution is -2.52. The van der Waals surface area contributed by atoms with E-state index in [-0.39, 0.29) is 29.5 Å². The van der Waals surface area contributed by atoms with Crippen LogP contribution in [0.1, 0.15) is 68.4 Å². The van der Waals surface area contributed by atoms with Crippen molar-refractivity contribution in [2.24, 2.45) is 0 Å². The van der Waals surface area contributed by atoms with E-state index in [2.05, 4.69) is 23.3 Å². The van der Waals surface area contributed by atoms with Crippen molar-refractivity contribution < 1.29 is 13.2 Å². The molecule has 0 aromatic carbocycles. The van der Waals surface area contributed by atoms with Gasteiger partial charge in [-0.2, -0.15) is 0 Å². The van der Waals surface area contributed by atoms with Crippen LogP contribution in [0.2, 0.25) is 0 Å². The highest BCUT2D eigenvalue weighted by molar-refractivity contribution is 7.91. The van der Waals surface area contributed by atoms with Crippen LogP contribution in [0, 0.1) is 0 Å². The Balaban J connectivity index is 1.52. The van der Waals surface area contributed by atoms with Crippen LogP contribution >= 0.6 is 11.3 Å². The Morgan fingerprint density at radius 3 is 2.68 bits per heavy atom. The Hall–Kier alpha value is -0.920. The molecule has 1 saturated heterocycles. The number of fused-ring (bicyclic) bond motifs is 1. The number of sulfone groups is 1. The molecule has 2 atom stereocenters. The fourth-order valence-electron chi connectivity index (χ4n) is 5.43. The maximum absolute atomic E-state index is 13.5. The fourth-order valence-corrected chi connectivity index (χ4v) is 8.07. The summed E-state index contributed by atoms with van der Waals surface area (Å²) in [6.45, 7) is 3.53. The molecule has 0 bridgehead atoms. The minimum Gasteiger partial charge on any atom is -0.335 e. The van der Waals surface area contributed by atoms with Crippen LogP contribution in [-0.4, -0.2) is 60.8 Å². The Kier molecular flexibility index (Phi) is 6.14. The van der Waals surface area contributed by atoms with Crippen LogP contribution < -0.4 is 0 Å². The van der Waals surface area contributed by atoms with E-state index in [1.54, 1.807) is 0 Å². The summed E-state index contributed by atoms with van der Waals surface area (Å²) in [5.41, 5.74) is 1.39. The molecule has 1 aromatic rings. The largest absolute Gasteiger partial charge is 0.335 e. The van der Waals surface area contributed by atoms with E-state index in [0.29, 0.717) is 19.0 Å². The van der Waals surface area contributed by atoms with Gasteiger partial charge in [0.15, 0.2) is 9.84 Å². The Bertz CT molecular complexity index is 798. The van der Waals surface area contributed by atoms with Crippen LogP contribution in [0.25, 0.3) is 0 Å². The van der Waals surface area contributed by atoms with Crippen LogP contribution in [0.4, 0.5) is 0 Å². The molecule has 3 aliphatic rings. The highest BCUT2D eigenvalue weighted by Gasteiger charge is 2.39. The minimum absolute atomic E-state index is 0.123. The summed E-state index contributed by atoms with van der Waals surface area (Å²) in [4.78, 5) is 19.3. The lowest BCUT2D eigenvalue weighted by Gasteiger charge is -2.41. The van der Waals surface area contributed by atoms with Gasteiger partial charge < -0.3 is 4.90 Å². The summed E-state index contributed by atoms with van der Waals surface area (Å²) in [6.07, 6.45) is 8.18. The lowest BCUT2D eigenvalue weighted by molar-refractivity contribution is -0.138. The van der Waals surface area contributed by atoms with E-state index in [0.717, 1.165) is 45.1 Å². The predicted octanol–water partition coefficient (Wildman–Crippen LogP) is 3.41. The van der Waals surface area contributed by atoms with Gasteiger partial charge in [0.1, 0.15) is 0 Å². The number of hydrogen-bond acceptors (Lipinski definition) is 5. The van der Waals surface area contributed by atoms with Crippen molar-refractivity contribution in [1.29, 1.82) is 0 Å². The van der Waals surface area contributed by atoms with Gasteiger partial charge >= 0.3 is 0 Å². The van der Waals surface area contributed by atoms with Crippen molar-refractivity contribution >= 4 is 27.1 Å². The van der Waals surface area contributed by atoms with Crippen molar-refractivity contribution in [2.45, 2.75) is 76.4 Å². The molecular weight excluding hydrogens is 392 g/mol. The molecule has 0 spiro atoms. The second-order valence-corrected chi connectivity index (χ2v) is 11.8. The fraction of sp³-hybridized carbons (Fsp3) is 0.762. The number of thiophene rings is 1. The van der Waals surface area contributed by atoms with Gasteiger partial charge in [0, 0.05) is 29.5 Å². The zero-order valence-corrected chi connectivity index (χ0v) is 18.4. The first-order chi connectivity index (χ1) is 13.5. The quantitative estimate of drug-likeness (QED) is 0.727. The normalized spacial score (nSPS) is 28.2. The third-order valence-corrected chi connectivity index (χ3v) is 9.54. The van der Waals surface area contributed by atoms with Crippen molar-refractivity contribution in [2.75, 3.05) is 24.6 Å². The summed E-state index contributed by atoms with van der Waals surface area (Å²) in [5.74, 6) is 0.528. The molecule has 2 fully saturated rings. The van der Waals surface area contributed by atoms with Crippen molar-refractivity contribution in [3.63, 3.8) is 0 Å². The first-order valence-electron chi connectivity index (χ1n) is 10.8. The zero-order chi connectivity index (χ0) is 19.7. The highest BCUT2D eigenvalue weighted by Crippen LogP contribution is 2.36. The summed E-state index contributed by atoms with van der Waals surface area (Å²) in [6, 6.07) is 2.62. The molecule has 1 saturated carbocycles. The first-order valence-corrected chi connectivity index (χ1v) is 13.5. The minimum atomic E-state index is -3.00. The molecule has 0 unspecified atom stereocenters. The van der Waals surface area contributed by atoms with Crippen LogP contribution in [-0.2, 0) is 21.1 Å². The second-order valence-electron chi connectivity index (χ2n) is 8.59. The summed E-state index contributed by atoms with van der Waals surface area (Å²) in [5, 5.41) is 2.16. The Morgan fingerprint density at radius 2 is 2.00 bits per heavy atom. The van der Waals surface area contributed by atoms with Gasteiger partial charge in [-0.1, -0.05) is 26.2 Å². The average molecular weight is 425 g/mol. The van der Waals surface area contributed by atoms with E-state index < -0.39 is 9.84 Å². The predicted molar refractivity (Wildman–Crippen MR) is 113 cm³/mol. The second kappa shape index (κ2) is 8.44. The van der Waals surface area contributed by atoms with Crippen LogP contribution in [0.3, 0.4) is 0 Å². The summed E-state index contributed by atoms with van der Waals surface area (Å²) >= 11 is 1.83. The lowest BCUT2D eigenvalue weighted by atomic mass is 9.92. The molecule has 28 heavy (non-hydrogen) atoms. The van der Waals surface area contributed by atoms with Gasteiger partial charge in [-0.3, -0.25) is 9.69 Å². The van der Waals surface area contributed by atoms with Gasteiger partial charge in [0.25, 0.3) is 0 Å². The van der Waals surface area contributed by atoms with Crippen molar-refractivity contribution in [3.05, 3.63) is 21.9 Å². The number of nitrogens with zero attached hydrogens (tertiary/aromatic N) is 2. The maximum Gasteiger partial charge on any atom is 0.237 e. The Morgan fingerprint density at radius 1 is 1.21 bits per heavy atom. The molecule has 0 radical (unpaired) electrons. The van der Waals surface area contributed by atoms with Gasteiger partial charge in [0.05, 0.1) is 18.1 Å². The molecule has 1 amide bonds. The summed E-state index contributed by atoms with van der Waals surface area (Å²) < 4.78 is 24.2. The van der Waals surface area contributed by atoms with E-state index in [1.807, 2.05) is 16.2 Å². The van der Waals surface area contributed by atoms with Crippen LogP contribution in [0.5, 0.6) is 0 Å². The van der Waals surface area contributed by atoms with E-state index in [4.69, 9.17) is 0 Å². The average Bonchev–Trinajstić information content (AvgIpc) is 3.29. The van der Waals surface area contributed by atoms with Gasteiger partial charge in [0.2, 0.25) is 5.91 Å². The van der Waals surface area contributed by atoms with E-state index in [1.165, 1.54) is 16.9 Å². The highest BCUT2D eigenvalue weighted by atomic mass is 32.2. The SMILES string of the molecule is CC[C@H]1c2ccsc2CCN1CC(=O)N(C1CCCCC1)[C@H]1CCS(=O)(=O)C1. The zero-order valence-electron chi connectivity index (χ0n) is 16.8. The molecule has 5 nitrogen and oxygen atoms in total. The molecule has 3 heterocycles. The van der Waals surface area contributed by atoms with E-state index in [9.17, 15) is 13.2 Å². The molecule has 1 aromatic heterocycles. The topological polar surface area (TPSA) is 57.7 Å². The first kappa shape index (κ1) is 20.4. The third-order valence-electron chi connectivity index (χ3n) is 6.79. The molecule has 2 aliphatic heterocycles. The molecule has 156 valence electrons. The van der Waals surface area contributed by atoms with Gasteiger partial charge in [-0.05, 0) is 49.1 Å². The molecule has 7 heteroatoms. The smallest absolute Gasteiger partial charge is 0.237 e. The standard InChI is InChI=1S/C21H32N2O3S2/c1-2-19-18-9-12-27-20(18)8-11-22(19)14-21(24)23(16-6-4-3-5-7-16)17-10-13-28(25,26)15-17/h9,12,16-17,19H,2-8,10-11,13-15H2,1H3/t17-,19-/m0/s1. The van der Waals surface area contributed by atoms with Crippen molar-refractivity contribution in [3.8, 4) is 0 Å². The Labute approximate surface area is 173 Å². The van der Waals surface area contributed by atoms with Gasteiger partial charge in [-0.25, -0.2) is 8.42 Å². The molecule has 4 rings (SSSR count). The monoisotopic (exact) mass is 424 g/mol. The summed E-state index contributed by atoms with van der Waals surface area (Å²) in [7, 11) is -3.00. The molecule has 1 aliphatic carbocycles. The number of rotatable bonds is 5. The third kappa shape index (κ3) is 4.17.